The Bertz CT molecular complexity index is 696. The Balaban J connectivity index is 1.66. The van der Waals surface area contributed by atoms with E-state index in [0.29, 0.717) is 42.9 Å². The zero-order chi connectivity index (χ0) is 19.6. The van der Waals surface area contributed by atoms with Crippen LogP contribution in [0.4, 0.5) is 0 Å². The molecule has 0 aromatic rings. The van der Waals surface area contributed by atoms with E-state index in [1.54, 1.807) is 6.92 Å². The molecule has 0 spiro atoms. The molecule has 3 saturated carbocycles. The van der Waals surface area contributed by atoms with Crippen LogP contribution in [0.2, 0.25) is 0 Å². The first-order chi connectivity index (χ1) is 12.7. The van der Waals surface area contributed by atoms with Gasteiger partial charge < -0.3 is 9.84 Å². The monoisotopic (exact) mass is 374 g/mol. The van der Waals surface area contributed by atoms with Crippen LogP contribution in [0.5, 0.6) is 0 Å². The molecule has 1 N–H and O–H groups in total. The van der Waals surface area contributed by atoms with Crippen molar-refractivity contribution in [3.8, 4) is 0 Å². The molecule has 4 heteroatoms. The molecule has 0 radical (unpaired) electrons. The van der Waals surface area contributed by atoms with Crippen LogP contribution >= 0.6 is 0 Å². The zero-order valence-electron chi connectivity index (χ0n) is 17.2. The highest BCUT2D eigenvalue weighted by Crippen LogP contribution is 2.68. The maximum absolute atomic E-state index is 12.1. The molecule has 0 aliphatic heterocycles. The van der Waals surface area contributed by atoms with Crippen molar-refractivity contribution in [2.45, 2.75) is 84.8 Å². The average molecular weight is 375 g/mol. The van der Waals surface area contributed by atoms with Crippen molar-refractivity contribution in [1.29, 1.82) is 0 Å². The van der Waals surface area contributed by atoms with E-state index >= 15 is 0 Å². The van der Waals surface area contributed by atoms with Crippen LogP contribution in [0.3, 0.4) is 0 Å². The van der Waals surface area contributed by atoms with Crippen molar-refractivity contribution in [2.24, 2.45) is 34.5 Å². The molecule has 4 aliphatic carbocycles. The van der Waals surface area contributed by atoms with Crippen molar-refractivity contribution in [3.05, 3.63) is 11.6 Å². The Hall–Kier alpha value is -1.16. The quantitative estimate of drug-likeness (QED) is 0.574. The SMILES string of the molecule is CCC(=O)OC1(O)CC[C@H]2[C@@H]3CCC4CC(=O)C=C(C)[C@]4(C)[C@@H]3CC[C@@]21C. The van der Waals surface area contributed by atoms with Gasteiger partial charge in [-0.2, -0.15) is 0 Å². The lowest BCUT2D eigenvalue weighted by molar-refractivity contribution is -0.265. The summed E-state index contributed by atoms with van der Waals surface area (Å²) in [5.41, 5.74) is 0.996. The molecule has 4 nitrogen and oxygen atoms in total. The number of fused-ring (bicyclic) bond motifs is 5. The summed E-state index contributed by atoms with van der Waals surface area (Å²) in [6, 6.07) is 0. The summed E-state index contributed by atoms with van der Waals surface area (Å²) < 4.78 is 5.63. The number of rotatable bonds is 2. The van der Waals surface area contributed by atoms with Crippen LogP contribution in [0.25, 0.3) is 0 Å². The highest BCUT2D eigenvalue weighted by molar-refractivity contribution is 5.91. The second kappa shape index (κ2) is 6.17. The van der Waals surface area contributed by atoms with Gasteiger partial charge in [-0.3, -0.25) is 9.59 Å². The topological polar surface area (TPSA) is 63.6 Å². The molecule has 4 rings (SSSR count). The van der Waals surface area contributed by atoms with E-state index in [4.69, 9.17) is 4.74 Å². The van der Waals surface area contributed by atoms with E-state index in [1.165, 1.54) is 5.57 Å². The van der Waals surface area contributed by atoms with Crippen LogP contribution in [-0.2, 0) is 14.3 Å². The number of aliphatic hydroxyl groups is 1. The van der Waals surface area contributed by atoms with Gasteiger partial charge in [0.15, 0.2) is 5.78 Å². The highest BCUT2D eigenvalue weighted by atomic mass is 16.7. The van der Waals surface area contributed by atoms with E-state index in [1.807, 2.05) is 6.08 Å². The fourth-order valence-corrected chi connectivity index (χ4v) is 7.46. The van der Waals surface area contributed by atoms with Crippen LogP contribution in [0.1, 0.15) is 79.1 Å². The molecule has 2 unspecified atom stereocenters. The third kappa shape index (κ3) is 2.51. The Kier molecular flexibility index (Phi) is 4.38. The minimum atomic E-state index is -1.32. The Labute approximate surface area is 162 Å². The van der Waals surface area contributed by atoms with Crippen LogP contribution in [0, 0.1) is 34.5 Å². The lowest BCUT2D eigenvalue weighted by atomic mass is 9.44. The van der Waals surface area contributed by atoms with E-state index in [9.17, 15) is 14.7 Å². The predicted molar refractivity (Wildman–Crippen MR) is 103 cm³/mol. The second-order valence-corrected chi connectivity index (χ2v) is 10.0. The van der Waals surface area contributed by atoms with Gasteiger partial charge in [-0.1, -0.05) is 26.3 Å². The minimum Gasteiger partial charge on any atom is -0.433 e. The molecule has 150 valence electrons. The third-order valence-electron chi connectivity index (χ3n) is 9.23. The van der Waals surface area contributed by atoms with Crippen LogP contribution in [-0.4, -0.2) is 22.6 Å². The maximum Gasteiger partial charge on any atom is 0.308 e. The molecule has 0 saturated heterocycles. The van der Waals surface area contributed by atoms with E-state index in [0.717, 1.165) is 32.1 Å². The van der Waals surface area contributed by atoms with Gasteiger partial charge >= 0.3 is 5.97 Å². The van der Waals surface area contributed by atoms with Gasteiger partial charge in [0.2, 0.25) is 5.79 Å². The summed E-state index contributed by atoms with van der Waals surface area (Å²) in [5.74, 6) is 0.602. The molecule has 3 fully saturated rings. The summed E-state index contributed by atoms with van der Waals surface area (Å²) in [6.45, 7) is 8.45. The normalized spacial score (nSPS) is 48.9. The fourth-order valence-electron chi connectivity index (χ4n) is 7.46. The van der Waals surface area contributed by atoms with Crippen molar-refractivity contribution in [1.82, 2.24) is 0 Å². The van der Waals surface area contributed by atoms with E-state index in [2.05, 4.69) is 20.8 Å². The largest absolute Gasteiger partial charge is 0.433 e. The number of ether oxygens (including phenoxy) is 1. The Morgan fingerprint density at radius 2 is 1.89 bits per heavy atom. The first kappa shape index (κ1) is 19.2. The van der Waals surface area contributed by atoms with Crippen LogP contribution < -0.4 is 0 Å². The molecule has 0 aromatic heterocycles. The first-order valence-electron chi connectivity index (χ1n) is 10.8. The van der Waals surface area contributed by atoms with Crippen molar-refractivity contribution < 1.29 is 19.4 Å². The van der Waals surface area contributed by atoms with Gasteiger partial charge in [-0.15, -0.1) is 0 Å². The number of allylic oxidation sites excluding steroid dienone is 2. The van der Waals surface area contributed by atoms with Crippen molar-refractivity contribution >= 4 is 11.8 Å². The molecular weight excluding hydrogens is 340 g/mol. The molecule has 0 aromatic carbocycles. The van der Waals surface area contributed by atoms with Gasteiger partial charge in [-0.05, 0) is 74.2 Å². The average Bonchev–Trinajstić information content (AvgIpc) is 2.87. The number of hydrogen-bond acceptors (Lipinski definition) is 4. The summed E-state index contributed by atoms with van der Waals surface area (Å²) in [5, 5.41) is 11.3. The lowest BCUT2D eigenvalue weighted by Crippen LogP contribution is -2.57. The summed E-state index contributed by atoms with van der Waals surface area (Å²) in [6.07, 6.45) is 8.50. The smallest absolute Gasteiger partial charge is 0.308 e. The molecule has 0 heterocycles. The number of carbonyl (C=O) groups excluding carboxylic acids is 2. The summed E-state index contributed by atoms with van der Waals surface area (Å²) >= 11 is 0. The molecule has 0 bridgehead atoms. The minimum absolute atomic E-state index is 0.0962. The summed E-state index contributed by atoms with van der Waals surface area (Å²) in [4.78, 5) is 24.1. The Morgan fingerprint density at radius 1 is 1.19 bits per heavy atom. The van der Waals surface area contributed by atoms with Gasteiger partial charge in [0.05, 0.1) is 0 Å². The molecule has 7 atom stereocenters. The molecule has 0 amide bonds. The fraction of sp³-hybridized carbons (Fsp3) is 0.826. The number of ketones is 1. The molecule has 4 aliphatic rings. The Morgan fingerprint density at radius 3 is 2.59 bits per heavy atom. The summed E-state index contributed by atoms with van der Waals surface area (Å²) in [7, 11) is 0. The highest BCUT2D eigenvalue weighted by Gasteiger charge is 2.66. The third-order valence-corrected chi connectivity index (χ3v) is 9.23. The molecular formula is C23H34O4. The van der Waals surface area contributed by atoms with Gasteiger partial charge in [0, 0.05) is 24.7 Å². The van der Waals surface area contributed by atoms with Gasteiger partial charge in [-0.25, -0.2) is 0 Å². The van der Waals surface area contributed by atoms with Gasteiger partial charge in [0.25, 0.3) is 0 Å². The van der Waals surface area contributed by atoms with E-state index < -0.39 is 5.79 Å². The van der Waals surface area contributed by atoms with Gasteiger partial charge in [0.1, 0.15) is 0 Å². The van der Waals surface area contributed by atoms with Crippen molar-refractivity contribution in [3.63, 3.8) is 0 Å². The first-order valence-corrected chi connectivity index (χ1v) is 10.8. The number of hydrogen-bond donors (Lipinski definition) is 1. The molecule has 27 heavy (non-hydrogen) atoms. The number of esters is 1. The van der Waals surface area contributed by atoms with Crippen molar-refractivity contribution in [2.75, 3.05) is 0 Å². The van der Waals surface area contributed by atoms with E-state index in [-0.39, 0.29) is 22.6 Å². The second-order valence-electron chi connectivity index (χ2n) is 10.0. The zero-order valence-corrected chi connectivity index (χ0v) is 17.2. The predicted octanol–water partition coefficient (Wildman–Crippen LogP) is 4.41. The maximum atomic E-state index is 12.1. The lowest BCUT2D eigenvalue weighted by Gasteiger charge is -2.60. The van der Waals surface area contributed by atoms with Crippen LogP contribution in [0.15, 0.2) is 11.6 Å². The standard InChI is InChI=1S/C23H34O4/c1-5-20(25)27-23(26)11-9-18-17-7-6-15-13-16(24)12-14(2)22(15,4)19(17)8-10-21(18,23)3/h12,15,17-19,26H,5-11,13H2,1-4H3/t15?,17-,18-,19+,21-,22-,23?/m0/s1. The number of carbonyl (C=O) groups is 2.